The summed E-state index contributed by atoms with van der Waals surface area (Å²) in [5, 5.41) is 8.22. The highest BCUT2D eigenvalue weighted by molar-refractivity contribution is 7.20. The maximum atomic E-state index is 12.7. The van der Waals surface area contributed by atoms with Gasteiger partial charge in [-0.05, 0) is 50.1 Å². The second-order valence-electron chi connectivity index (χ2n) is 7.07. The molecule has 0 unspecified atom stereocenters. The van der Waals surface area contributed by atoms with Crippen LogP contribution in [0.3, 0.4) is 0 Å². The molecule has 0 spiro atoms. The summed E-state index contributed by atoms with van der Waals surface area (Å²) in [6.07, 6.45) is 0.314. The molecule has 148 valence electrons. The van der Waals surface area contributed by atoms with Gasteiger partial charge in [0.15, 0.2) is 0 Å². The smallest absolute Gasteiger partial charge is 0.229 e. The largest absolute Gasteiger partial charge is 0.497 e. The third-order valence-corrected chi connectivity index (χ3v) is 5.71. The van der Waals surface area contributed by atoms with E-state index in [0.29, 0.717) is 17.4 Å². The fraction of sp³-hybridized carbons (Fsp3) is 0.227. The Labute approximate surface area is 173 Å². The van der Waals surface area contributed by atoms with Gasteiger partial charge in [0.1, 0.15) is 11.6 Å². The lowest BCUT2D eigenvalue weighted by Crippen LogP contribution is -2.17. The number of hydrogen-bond donors (Lipinski definition) is 1. The number of thiazole rings is 1. The number of nitrogens with one attached hydrogen (secondary N) is 1. The molecule has 0 aliphatic rings. The quantitative estimate of drug-likeness (QED) is 0.526. The second kappa shape index (κ2) is 7.67. The van der Waals surface area contributed by atoms with Crippen LogP contribution in [0.5, 0.6) is 5.75 Å². The highest BCUT2D eigenvalue weighted by Gasteiger charge is 2.15. The average molecular weight is 407 g/mol. The molecule has 0 aliphatic carbocycles. The zero-order valence-electron chi connectivity index (χ0n) is 16.8. The number of ether oxygens (including phenoxy) is 1. The first-order chi connectivity index (χ1) is 13.9. The fourth-order valence-corrected chi connectivity index (χ4v) is 4.16. The zero-order chi connectivity index (χ0) is 20.5. The molecule has 0 aliphatic heterocycles. The van der Waals surface area contributed by atoms with E-state index in [1.807, 2.05) is 51.1 Å². The maximum Gasteiger partial charge on any atom is 0.229 e. The van der Waals surface area contributed by atoms with Gasteiger partial charge in [-0.3, -0.25) is 4.79 Å². The summed E-state index contributed by atoms with van der Waals surface area (Å²) in [6, 6.07) is 13.8. The van der Waals surface area contributed by atoms with Crippen molar-refractivity contribution in [1.82, 2.24) is 14.8 Å². The van der Waals surface area contributed by atoms with Crippen molar-refractivity contribution in [3.05, 3.63) is 64.8 Å². The van der Waals surface area contributed by atoms with Crippen molar-refractivity contribution in [3.63, 3.8) is 0 Å². The van der Waals surface area contributed by atoms with Crippen LogP contribution < -0.4 is 10.1 Å². The minimum atomic E-state index is -0.0809. The van der Waals surface area contributed by atoms with Gasteiger partial charge in [-0.15, -0.1) is 0 Å². The summed E-state index contributed by atoms with van der Waals surface area (Å²) < 4.78 is 7.98. The number of methoxy groups -OCH3 is 1. The predicted molar refractivity (Wildman–Crippen MR) is 116 cm³/mol. The summed E-state index contributed by atoms with van der Waals surface area (Å²) in [4.78, 5) is 17.4. The lowest BCUT2D eigenvalue weighted by atomic mass is 10.0. The zero-order valence-corrected chi connectivity index (χ0v) is 17.6. The minimum absolute atomic E-state index is 0.0809. The summed E-state index contributed by atoms with van der Waals surface area (Å²) in [6.45, 7) is 5.94. The predicted octanol–water partition coefficient (Wildman–Crippen LogP) is 4.60. The molecule has 2 heterocycles. The molecule has 0 atom stereocenters. The van der Waals surface area contributed by atoms with E-state index in [-0.39, 0.29) is 5.91 Å². The number of aromatic nitrogens is 3. The molecular formula is C22H22N4O2S. The average Bonchev–Trinajstić information content (AvgIpc) is 3.26. The van der Waals surface area contributed by atoms with Crippen molar-refractivity contribution in [2.45, 2.75) is 27.2 Å². The van der Waals surface area contributed by atoms with Gasteiger partial charge in [0.25, 0.3) is 0 Å². The Morgan fingerprint density at radius 1 is 1.14 bits per heavy atom. The molecule has 29 heavy (non-hydrogen) atoms. The monoisotopic (exact) mass is 406 g/mol. The van der Waals surface area contributed by atoms with Gasteiger partial charge in [0.2, 0.25) is 11.0 Å². The number of aryl methyl sites for hydroxylation is 3. The Bertz CT molecular complexity index is 1210. The van der Waals surface area contributed by atoms with Crippen LogP contribution in [0.15, 0.2) is 42.5 Å². The van der Waals surface area contributed by atoms with Gasteiger partial charge in [0, 0.05) is 6.07 Å². The summed E-state index contributed by atoms with van der Waals surface area (Å²) >= 11 is 1.50. The molecule has 1 amide bonds. The molecule has 4 rings (SSSR count). The second-order valence-corrected chi connectivity index (χ2v) is 8.08. The third-order valence-electron chi connectivity index (χ3n) is 4.72. The third kappa shape index (κ3) is 4.00. The molecule has 0 bridgehead atoms. The number of benzene rings is 2. The summed E-state index contributed by atoms with van der Waals surface area (Å²) in [7, 11) is 1.64. The maximum absolute atomic E-state index is 12.7. The Morgan fingerprint density at radius 3 is 2.76 bits per heavy atom. The van der Waals surface area contributed by atoms with Crippen LogP contribution >= 0.6 is 11.3 Å². The molecule has 6 nitrogen and oxygen atoms in total. The summed E-state index contributed by atoms with van der Waals surface area (Å²) in [5.74, 6) is 1.32. The highest BCUT2D eigenvalue weighted by Crippen LogP contribution is 2.30. The molecule has 0 radical (unpaired) electrons. The first-order valence-corrected chi connectivity index (χ1v) is 10.1. The van der Waals surface area contributed by atoms with Crippen molar-refractivity contribution >= 4 is 33.3 Å². The van der Waals surface area contributed by atoms with Crippen LogP contribution in [0.2, 0.25) is 0 Å². The highest BCUT2D eigenvalue weighted by atomic mass is 32.1. The van der Waals surface area contributed by atoms with Gasteiger partial charge in [-0.25, -0.2) is 4.98 Å². The lowest BCUT2D eigenvalue weighted by molar-refractivity contribution is -0.115. The number of rotatable bonds is 5. The number of carbonyl (C=O) groups excluding carboxylic acids is 1. The van der Waals surface area contributed by atoms with Gasteiger partial charge in [0.05, 0.1) is 29.4 Å². The molecule has 2 aromatic heterocycles. The van der Waals surface area contributed by atoms with E-state index in [1.165, 1.54) is 11.3 Å². The van der Waals surface area contributed by atoms with E-state index in [9.17, 15) is 4.79 Å². The molecule has 0 saturated heterocycles. The van der Waals surface area contributed by atoms with Crippen LogP contribution in [-0.2, 0) is 11.2 Å². The van der Waals surface area contributed by atoms with E-state index >= 15 is 0 Å². The van der Waals surface area contributed by atoms with E-state index in [0.717, 1.165) is 38.4 Å². The molecule has 7 heteroatoms. The van der Waals surface area contributed by atoms with Gasteiger partial charge in [-0.2, -0.15) is 9.78 Å². The first kappa shape index (κ1) is 19.1. The van der Waals surface area contributed by atoms with Gasteiger partial charge in [-0.1, -0.05) is 35.1 Å². The van der Waals surface area contributed by atoms with Crippen molar-refractivity contribution in [2.75, 3.05) is 12.4 Å². The molecule has 0 saturated carbocycles. The van der Waals surface area contributed by atoms with Crippen LogP contribution in [0.4, 0.5) is 5.82 Å². The Balaban J connectivity index is 1.61. The SMILES string of the molecule is COc1ccc2nc(-n3nc(C)cc3NC(=O)Cc3cc(C)ccc3C)sc2c1. The van der Waals surface area contributed by atoms with E-state index in [4.69, 9.17) is 4.74 Å². The Morgan fingerprint density at radius 2 is 1.97 bits per heavy atom. The number of anilines is 1. The number of fused-ring (bicyclic) bond motifs is 1. The van der Waals surface area contributed by atoms with Crippen molar-refractivity contribution in [1.29, 1.82) is 0 Å². The molecule has 4 aromatic rings. The normalized spacial score (nSPS) is 11.0. The van der Waals surface area contributed by atoms with E-state index in [1.54, 1.807) is 11.8 Å². The fourth-order valence-electron chi connectivity index (χ4n) is 3.20. The molecular weight excluding hydrogens is 384 g/mol. The van der Waals surface area contributed by atoms with Crippen molar-refractivity contribution in [3.8, 4) is 10.9 Å². The van der Waals surface area contributed by atoms with Crippen LogP contribution in [-0.4, -0.2) is 27.8 Å². The number of amides is 1. The van der Waals surface area contributed by atoms with Crippen LogP contribution in [0, 0.1) is 20.8 Å². The topological polar surface area (TPSA) is 69.0 Å². The number of carbonyl (C=O) groups is 1. The van der Waals surface area contributed by atoms with Gasteiger partial charge >= 0.3 is 0 Å². The first-order valence-electron chi connectivity index (χ1n) is 9.30. The Kier molecular flexibility index (Phi) is 5.07. The number of hydrogen-bond acceptors (Lipinski definition) is 5. The number of nitrogens with zero attached hydrogens (tertiary/aromatic N) is 3. The standard InChI is InChI=1S/C22H22N4O2S/c1-13-5-6-14(2)16(9-13)11-21(27)24-20-10-15(3)25-26(20)22-23-18-8-7-17(28-4)12-19(18)29-22/h5-10,12H,11H2,1-4H3,(H,24,27). The van der Waals surface area contributed by atoms with Crippen LogP contribution in [0.25, 0.3) is 15.3 Å². The van der Waals surface area contributed by atoms with Crippen LogP contribution in [0.1, 0.15) is 22.4 Å². The van der Waals surface area contributed by atoms with Crippen molar-refractivity contribution in [2.24, 2.45) is 0 Å². The lowest BCUT2D eigenvalue weighted by Gasteiger charge is -2.09. The van der Waals surface area contributed by atoms with E-state index < -0.39 is 0 Å². The minimum Gasteiger partial charge on any atom is -0.497 e. The molecule has 0 fully saturated rings. The summed E-state index contributed by atoms with van der Waals surface area (Å²) in [5.41, 5.74) is 4.95. The Hall–Kier alpha value is -3.19. The van der Waals surface area contributed by atoms with E-state index in [2.05, 4.69) is 27.5 Å². The molecule has 1 N–H and O–H groups in total. The van der Waals surface area contributed by atoms with Gasteiger partial charge < -0.3 is 10.1 Å². The molecule has 2 aromatic carbocycles. The van der Waals surface area contributed by atoms with Crippen molar-refractivity contribution < 1.29 is 9.53 Å².